The van der Waals surface area contributed by atoms with Crippen LogP contribution in [0.4, 0.5) is 0 Å². The van der Waals surface area contributed by atoms with Crippen LogP contribution in [0.25, 0.3) is 4.48 Å². The first kappa shape index (κ1) is 8.38. The second kappa shape index (κ2) is 2.92. The predicted octanol–water partition coefficient (Wildman–Crippen LogP) is 1.98. The van der Waals surface area contributed by atoms with E-state index < -0.39 is 0 Å². The number of fused-ring (bicyclic) bond motifs is 1. The number of carbonyl (C=O) groups excluding carboxylic acids is 1. The molecule has 0 bridgehead atoms. The molecular formula is C10H5BrO2. The summed E-state index contributed by atoms with van der Waals surface area (Å²) in [6.45, 7) is 0. The van der Waals surface area contributed by atoms with Crippen molar-refractivity contribution in [2.75, 3.05) is 0 Å². The Morgan fingerprint density at radius 3 is 2.62 bits per heavy atom. The van der Waals surface area contributed by atoms with Gasteiger partial charge in [0.2, 0.25) is 0 Å². The minimum atomic E-state index is -0.148. The Morgan fingerprint density at radius 2 is 1.85 bits per heavy atom. The summed E-state index contributed by atoms with van der Waals surface area (Å²) in [7, 11) is 0. The topological polar surface area (TPSA) is 34.1 Å². The number of hydrogen-bond acceptors (Lipinski definition) is 2. The van der Waals surface area contributed by atoms with Crippen molar-refractivity contribution in [3.63, 3.8) is 0 Å². The standard InChI is InChI=1S/C10H5BrO2/c11-9-5-10(13)8-4-6(12)2-1-3-7(8)9/h1-5H. The molecule has 0 saturated carbocycles. The van der Waals surface area contributed by atoms with Gasteiger partial charge in [-0.2, -0.15) is 0 Å². The van der Waals surface area contributed by atoms with Crippen LogP contribution in [0.15, 0.2) is 35.1 Å². The molecule has 0 atom stereocenters. The van der Waals surface area contributed by atoms with Gasteiger partial charge in [-0.25, -0.2) is 0 Å². The van der Waals surface area contributed by atoms with Crippen LogP contribution >= 0.6 is 15.9 Å². The highest BCUT2D eigenvalue weighted by atomic mass is 79.9. The Bertz CT molecular complexity index is 475. The van der Waals surface area contributed by atoms with Crippen LogP contribution in [0, 0.1) is 0 Å². The van der Waals surface area contributed by atoms with Crippen LogP contribution in [0.5, 0.6) is 0 Å². The van der Waals surface area contributed by atoms with Crippen molar-refractivity contribution in [2.45, 2.75) is 0 Å². The summed E-state index contributed by atoms with van der Waals surface area (Å²) in [6.07, 6.45) is 1.48. The van der Waals surface area contributed by atoms with Crippen molar-refractivity contribution in [1.82, 2.24) is 0 Å². The quantitative estimate of drug-likeness (QED) is 0.691. The maximum atomic E-state index is 11.3. The fourth-order valence-electron chi connectivity index (χ4n) is 1.28. The van der Waals surface area contributed by atoms with E-state index in [4.69, 9.17) is 0 Å². The lowest BCUT2D eigenvalue weighted by molar-refractivity contribution is 0.105. The first-order valence-electron chi connectivity index (χ1n) is 3.75. The first-order valence-corrected chi connectivity index (χ1v) is 4.54. The SMILES string of the molecule is O=C1C=C(Br)c2cccc(=O)cc21. The van der Waals surface area contributed by atoms with E-state index >= 15 is 0 Å². The smallest absolute Gasteiger partial charge is 0.187 e. The van der Waals surface area contributed by atoms with E-state index in [9.17, 15) is 9.59 Å². The molecule has 0 fully saturated rings. The molecule has 0 spiro atoms. The lowest BCUT2D eigenvalue weighted by Crippen LogP contribution is -1.96. The maximum absolute atomic E-state index is 11.3. The van der Waals surface area contributed by atoms with E-state index in [-0.39, 0.29) is 11.2 Å². The molecule has 0 heterocycles. The molecule has 2 nitrogen and oxygen atoms in total. The van der Waals surface area contributed by atoms with Crippen molar-refractivity contribution in [2.24, 2.45) is 0 Å². The average Bonchev–Trinajstić information content (AvgIpc) is 2.28. The van der Waals surface area contributed by atoms with Gasteiger partial charge in [0.1, 0.15) is 0 Å². The molecule has 0 radical (unpaired) electrons. The molecular weight excluding hydrogens is 232 g/mol. The van der Waals surface area contributed by atoms with E-state index in [0.717, 1.165) is 10.0 Å². The van der Waals surface area contributed by atoms with Gasteiger partial charge in [0.05, 0.1) is 0 Å². The molecule has 13 heavy (non-hydrogen) atoms. The Balaban J connectivity index is 2.83. The molecule has 3 heteroatoms. The van der Waals surface area contributed by atoms with Crippen molar-refractivity contribution in [3.8, 4) is 0 Å². The van der Waals surface area contributed by atoms with Gasteiger partial charge in [0, 0.05) is 21.7 Å². The van der Waals surface area contributed by atoms with Crippen LogP contribution in [0.1, 0.15) is 15.9 Å². The fourth-order valence-corrected chi connectivity index (χ4v) is 1.83. The molecule has 0 aliphatic heterocycles. The Hall–Kier alpha value is -1.22. The summed E-state index contributed by atoms with van der Waals surface area (Å²) in [6, 6.07) is 6.20. The summed E-state index contributed by atoms with van der Waals surface area (Å²) in [5.41, 5.74) is 1.11. The monoisotopic (exact) mass is 236 g/mol. The third-order valence-electron chi connectivity index (χ3n) is 1.88. The zero-order chi connectivity index (χ0) is 9.42. The minimum Gasteiger partial charge on any atom is -0.290 e. The van der Waals surface area contributed by atoms with Crippen LogP contribution < -0.4 is 5.43 Å². The molecule has 2 rings (SSSR count). The summed E-state index contributed by atoms with van der Waals surface area (Å²) < 4.78 is 0.739. The van der Waals surface area contributed by atoms with Gasteiger partial charge < -0.3 is 0 Å². The number of carbonyl (C=O) groups is 1. The lowest BCUT2D eigenvalue weighted by atomic mass is 10.2. The molecule has 0 saturated heterocycles. The number of rotatable bonds is 0. The van der Waals surface area contributed by atoms with Crippen molar-refractivity contribution in [3.05, 3.63) is 51.7 Å². The van der Waals surface area contributed by atoms with Crippen LogP contribution in [0.2, 0.25) is 0 Å². The zero-order valence-electron chi connectivity index (χ0n) is 6.58. The van der Waals surface area contributed by atoms with Gasteiger partial charge in [-0.1, -0.05) is 28.1 Å². The molecule has 1 aliphatic rings. The zero-order valence-corrected chi connectivity index (χ0v) is 8.17. The van der Waals surface area contributed by atoms with Gasteiger partial charge in [-0.15, -0.1) is 0 Å². The molecule has 0 amide bonds. The predicted molar refractivity (Wildman–Crippen MR) is 53.9 cm³/mol. The molecule has 0 unspecified atom stereocenters. The Kier molecular flexibility index (Phi) is 1.88. The molecule has 0 N–H and O–H groups in total. The summed E-state index contributed by atoms with van der Waals surface area (Å²) in [5.74, 6) is -0.116. The largest absolute Gasteiger partial charge is 0.290 e. The highest BCUT2D eigenvalue weighted by molar-refractivity contribution is 9.15. The highest BCUT2D eigenvalue weighted by Gasteiger charge is 2.18. The van der Waals surface area contributed by atoms with E-state index in [1.165, 1.54) is 18.2 Å². The fraction of sp³-hybridized carbons (Fsp3) is 0. The second-order valence-electron chi connectivity index (χ2n) is 2.76. The molecule has 0 aromatic heterocycles. The average molecular weight is 237 g/mol. The maximum Gasteiger partial charge on any atom is 0.187 e. The Labute approximate surface area is 83.0 Å². The summed E-state index contributed by atoms with van der Waals surface area (Å²) >= 11 is 3.26. The van der Waals surface area contributed by atoms with Crippen LogP contribution in [-0.2, 0) is 0 Å². The van der Waals surface area contributed by atoms with Gasteiger partial charge in [0.25, 0.3) is 0 Å². The van der Waals surface area contributed by atoms with E-state index in [1.54, 1.807) is 12.1 Å². The van der Waals surface area contributed by atoms with Crippen molar-refractivity contribution in [1.29, 1.82) is 0 Å². The van der Waals surface area contributed by atoms with Crippen LogP contribution in [-0.4, -0.2) is 5.78 Å². The summed E-state index contributed by atoms with van der Waals surface area (Å²) in [4.78, 5) is 22.4. The third-order valence-corrected chi connectivity index (χ3v) is 2.54. The van der Waals surface area contributed by atoms with Crippen molar-refractivity contribution >= 4 is 26.2 Å². The molecule has 1 aromatic carbocycles. The van der Waals surface area contributed by atoms with Gasteiger partial charge in [-0.05, 0) is 12.1 Å². The number of halogens is 1. The number of ketones is 1. The lowest BCUT2D eigenvalue weighted by Gasteiger charge is -1.89. The van der Waals surface area contributed by atoms with E-state index in [2.05, 4.69) is 15.9 Å². The first-order chi connectivity index (χ1) is 6.18. The van der Waals surface area contributed by atoms with Crippen LogP contribution in [0.3, 0.4) is 0 Å². The number of hydrogen-bond donors (Lipinski definition) is 0. The number of allylic oxidation sites excluding steroid dienone is 1. The molecule has 1 aromatic rings. The second-order valence-corrected chi connectivity index (χ2v) is 3.61. The van der Waals surface area contributed by atoms with Gasteiger partial charge in [-0.3, -0.25) is 9.59 Å². The molecule has 64 valence electrons. The summed E-state index contributed by atoms with van der Waals surface area (Å²) in [5, 5.41) is 0. The normalized spacial score (nSPS) is 13.9. The molecule has 1 aliphatic carbocycles. The third kappa shape index (κ3) is 1.35. The van der Waals surface area contributed by atoms with E-state index in [1.807, 2.05) is 0 Å². The Morgan fingerprint density at radius 1 is 1.08 bits per heavy atom. The van der Waals surface area contributed by atoms with E-state index in [0.29, 0.717) is 5.56 Å². The van der Waals surface area contributed by atoms with Crippen molar-refractivity contribution < 1.29 is 4.79 Å². The van der Waals surface area contributed by atoms with Gasteiger partial charge in [0.15, 0.2) is 11.2 Å². The highest BCUT2D eigenvalue weighted by Crippen LogP contribution is 2.29. The minimum absolute atomic E-state index is 0.116. The van der Waals surface area contributed by atoms with Gasteiger partial charge >= 0.3 is 0 Å².